The molecule has 5 nitrogen and oxygen atoms in total. The molecular formula is C17H16BrN2O3+. The fraction of sp³-hybridized carbons (Fsp3) is 0.353. The Hall–Kier alpha value is -1.79. The largest absolute Gasteiger partial charge is 0.315 e. The molecule has 0 saturated carbocycles. The van der Waals surface area contributed by atoms with E-state index in [-0.39, 0.29) is 23.6 Å². The van der Waals surface area contributed by atoms with E-state index >= 15 is 0 Å². The summed E-state index contributed by atoms with van der Waals surface area (Å²) in [6, 6.07) is 7.38. The Morgan fingerprint density at radius 3 is 2.43 bits per heavy atom. The van der Waals surface area contributed by atoms with Crippen LogP contribution in [0.5, 0.6) is 0 Å². The average molecular weight is 376 g/mol. The molecule has 0 aliphatic carbocycles. The van der Waals surface area contributed by atoms with Crippen LogP contribution in [-0.2, 0) is 20.9 Å². The van der Waals surface area contributed by atoms with Crippen LogP contribution in [0.25, 0.3) is 0 Å². The molecule has 1 aromatic rings. The van der Waals surface area contributed by atoms with E-state index in [2.05, 4.69) is 15.9 Å². The minimum absolute atomic E-state index is 0.0442. The number of imide groups is 1. The first-order valence-electron chi connectivity index (χ1n) is 7.62. The Bertz CT molecular complexity index is 743. The molecule has 0 spiro atoms. The van der Waals surface area contributed by atoms with Gasteiger partial charge in [-0.3, -0.25) is 19.3 Å². The van der Waals surface area contributed by atoms with Crippen molar-refractivity contribution in [2.75, 3.05) is 7.05 Å². The van der Waals surface area contributed by atoms with E-state index in [9.17, 15) is 14.4 Å². The monoisotopic (exact) mass is 375 g/mol. The predicted octanol–water partition coefficient (Wildman–Crippen LogP) is -0.0453. The standard InChI is InChI=1S/C17H15BrN2O3/c1-19-16(22)13-11-6-7-12(21)15(14(13)17(19)23)20(11)8-9-2-4-10(18)5-3-9/h2-7,11,13-15H,8H2,1H3/p+1/t11-,13-,14+,15+/m0/s1. The van der Waals surface area contributed by atoms with Crippen LogP contribution >= 0.6 is 15.9 Å². The van der Waals surface area contributed by atoms with Gasteiger partial charge in [0.05, 0.1) is 0 Å². The number of halogens is 1. The highest BCUT2D eigenvalue weighted by atomic mass is 79.9. The van der Waals surface area contributed by atoms with E-state index in [1.807, 2.05) is 30.3 Å². The lowest BCUT2D eigenvalue weighted by molar-refractivity contribution is -0.937. The Morgan fingerprint density at radius 1 is 1.09 bits per heavy atom. The summed E-state index contributed by atoms with van der Waals surface area (Å²) in [5.41, 5.74) is 1.09. The maximum Gasteiger partial charge on any atom is 0.239 e. The van der Waals surface area contributed by atoms with Crippen LogP contribution in [0.2, 0.25) is 0 Å². The van der Waals surface area contributed by atoms with Crippen molar-refractivity contribution in [3.8, 4) is 0 Å². The quantitative estimate of drug-likeness (QED) is 0.737. The molecule has 118 valence electrons. The van der Waals surface area contributed by atoms with E-state index in [0.29, 0.717) is 6.54 Å². The molecule has 2 fully saturated rings. The van der Waals surface area contributed by atoms with Gasteiger partial charge in [-0.1, -0.05) is 28.1 Å². The minimum atomic E-state index is -0.509. The molecule has 1 N–H and O–H groups in total. The molecule has 1 aromatic carbocycles. The fourth-order valence-electron chi connectivity index (χ4n) is 4.23. The number of hydrogen-bond acceptors (Lipinski definition) is 3. The highest BCUT2D eigenvalue weighted by Crippen LogP contribution is 2.36. The van der Waals surface area contributed by atoms with Gasteiger partial charge in [-0.15, -0.1) is 0 Å². The van der Waals surface area contributed by atoms with Gasteiger partial charge in [0.15, 0.2) is 6.04 Å². The molecule has 0 aromatic heterocycles. The van der Waals surface area contributed by atoms with Crippen LogP contribution in [0, 0.1) is 11.8 Å². The molecule has 2 bridgehead atoms. The van der Waals surface area contributed by atoms with Crippen molar-refractivity contribution >= 4 is 33.5 Å². The van der Waals surface area contributed by atoms with Crippen molar-refractivity contribution in [3.63, 3.8) is 0 Å². The second-order valence-electron chi connectivity index (χ2n) is 6.43. The Labute approximate surface area is 142 Å². The van der Waals surface area contributed by atoms with Crippen LogP contribution in [0.1, 0.15) is 5.56 Å². The van der Waals surface area contributed by atoms with E-state index in [0.717, 1.165) is 14.9 Å². The Morgan fingerprint density at radius 2 is 1.74 bits per heavy atom. The fourth-order valence-corrected chi connectivity index (χ4v) is 4.49. The summed E-state index contributed by atoms with van der Waals surface area (Å²) < 4.78 is 0.998. The molecule has 1 unspecified atom stereocenters. The zero-order valence-corrected chi connectivity index (χ0v) is 14.1. The zero-order valence-electron chi connectivity index (χ0n) is 12.5. The third-order valence-corrected chi connectivity index (χ3v) is 5.82. The number of nitrogens with zero attached hydrogens (tertiary/aromatic N) is 1. The molecule has 3 aliphatic heterocycles. The number of likely N-dealkylation sites (tertiary alicyclic amines) is 1. The zero-order chi connectivity index (χ0) is 16.3. The molecule has 2 amide bonds. The Balaban J connectivity index is 1.71. The van der Waals surface area contributed by atoms with Crippen molar-refractivity contribution in [2.24, 2.45) is 11.8 Å². The lowest BCUT2D eigenvalue weighted by Gasteiger charge is -2.30. The van der Waals surface area contributed by atoms with Crippen LogP contribution in [0.15, 0.2) is 40.9 Å². The van der Waals surface area contributed by atoms with Crippen molar-refractivity contribution in [1.82, 2.24) is 4.90 Å². The molecule has 6 heteroatoms. The lowest BCUT2D eigenvalue weighted by atomic mass is 9.90. The van der Waals surface area contributed by atoms with Gasteiger partial charge in [0, 0.05) is 17.1 Å². The summed E-state index contributed by atoms with van der Waals surface area (Å²) >= 11 is 3.41. The molecule has 4 rings (SSSR count). The van der Waals surface area contributed by atoms with Gasteiger partial charge >= 0.3 is 0 Å². The number of ketones is 1. The van der Waals surface area contributed by atoms with Gasteiger partial charge in [0.25, 0.3) is 0 Å². The second kappa shape index (κ2) is 5.11. The summed E-state index contributed by atoms with van der Waals surface area (Å²) in [6.07, 6.45) is 3.38. The second-order valence-corrected chi connectivity index (χ2v) is 7.35. The number of fused-ring (bicyclic) bond motifs is 5. The van der Waals surface area contributed by atoms with E-state index in [1.165, 1.54) is 11.9 Å². The first-order valence-corrected chi connectivity index (χ1v) is 8.42. The average Bonchev–Trinajstić information content (AvgIpc) is 2.89. The van der Waals surface area contributed by atoms with Gasteiger partial charge in [-0.25, -0.2) is 0 Å². The highest BCUT2D eigenvalue weighted by Gasteiger charge is 2.66. The number of carbonyl (C=O) groups is 3. The summed E-state index contributed by atoms with van der Waals surface area (Å²) in [4.78, 5) is 39.5. The number of quaternary nitrogens is 1. The minimum Gasteiger partial charge on any atom is -0.315 e. The third-order valence-electron chi connectivity index (χ3n) is 5.29. The van der Waals surface area contributed by atoms with Crippen molar-refractivity contribution in [3.05, 3.63) is 46.5 Å². The van der Waals surface area contributed by atoms with Gasteiger partial charge in [-0.05, 0) is 24.3 Å². The van der Waals surface area contributed by atoms with Crippen LogP contribution in [0.4, 0.5) is 0 Å². The maximum absolute atomic E-state index is 12.4. The van der Waals surface area contributed by atoms with E-state index < -0.39 is 17.9 Å². The van der Waals surface area contributed by atoms with Crippen LogP contribution < -0.4 is 4.90 Å². The summed E-state index contributed by atoms with van der Waals surface area (Å²) in [7, 11) is 1.52. The van der Waals surface area contributed by atoms with Gasteiger partial charge in [0.2, 0.25) is 17.6 Å². The van der Waals surface area contributed by atoms with Gasteiger partial charge in [-0.2, -0.15) is 0 Å². The van der Waals surface area contributed by atoms with Gasteiger partial charge < -0.3 is 4.90 Å². The Kier molecular flexibility index (Phi) is 3.28. The summed E-state index contributed by atoms with van der Waals surface area (Å²) in [6.45, 7) is 0.635. The number of nitrogens with one attached hydrogen (secondary N) is 1. The lowest BCUT2D eigenvalue weighted by Crippen LogP contribution is -3.18. The maximum atomic E-state index is 12.4. The first-order chi connectivity index (χ1) is 11.0. The van der Waals surface area contributed by atoms with E-state index in [1.54, 1.807) is 6.08 Å². The number of carbonyl (C=O) groups excluding carboxylic acids is 3. The first kappa shape index (κ1) is 14.8. The number of amides is 2. The number of benzene rings is 1. The molecule has 2 saturated heterocycles. The molecule has 3 heterocycles. The summed E-state index contributed by atoms with van der Waals surface area (Å²) in [5, 5.41) is 0. The molecule has 23 heavy (non-hydrogen) atoms. The van der Waals surface area contributed by atoms with Crippen molar-refractivity contribution in [1.29, 1.82) is 0 Å². The molecular weight excluding hydrogens is 360 g/mol. The molecule has 0 radical (unpaired) electrons. The van der Waals surface area contributed by atoms with Gasteiger partial charge in [0.1, 0.15) is 24.4 Å². The number of rotatable bonds is 2. The topological polar surface area (TPSA) is 58.9 Å². The smallest absolute Gasteiger partial charge is 0.239 e. The predicted molar refractivity (Wildman–Crippen MR) is 85.3 cm³/mol. The third kappa shape index (κ3) is 2.05. The van der Waals surface area contributed by atoms with Crippen molar-refractivity contribution < 1.29 is 19.3 Å². The van der Waals surface area contributed by atoms with Crippen LogP contribution in [-0.4, -0.2) is 41.6 Å². The van der Waals surface area contributed by atoms with Crippen LogP contribution in [0.3, 0.4) is 0 Å². The highest BCUT2D eigenvalue weighted by molar-refractivity contribution is 9.10. The normalized spacial score (nSPS) is 35.1. The SMILES string of the molecule is CN1C(=O)[C@@H]2[C@@H](C1=O)[C@@H]1C=CC(=O)[C@H]2[NH+]1Cc1ccc(Br)cc1. The summed E-state index contributed by atoms with van der Waals surface area (Å²) in [5.74, 6) is -1.31. The van der Waals surface area contributed by atoms with E-state index in [4.69, 9.17) is 0 Å². The number of hydrogen-bond donors (Lipinski definition) is 1. The molecule has 5 atom stereocenters. The molecule has 3 aliphatic rings. The van der Waals surface area contributed by atoms with Crippen molar-refractivity contribution in [2.45, 2.75) is 18.6 Å².